The number of hydrogen-bond donors (Lipinski definition) is 2. The minimum atomic E-state index is -3.75. The molecule has 0 saturated heterocycles. The maximum absolute atomic E-state index is 12.4. The predicted molar refractivity (Wildman–Crippen MR) is 101 cm³/mol. The Morgan fingerprint density at radius 3 is 2.56 bits per heavy atom. The summed E-state index contributed by atoms with van der Waals surface area (Å²) in [5, 5.41) is 3.43. The lowest BCUT2D eigenvalue weighted by molar-refractivity contribution is 0.414. The van der Waals surface area contributed by atoms with Gasteiger partial charge in [0.2, 0.25) is 0 Å². The number of ether oxygens (including phenoxy) is 1. The van der Waals surface area contributed by atoms with Gasteiger partial charge in [0.1, 0.15) is 11.6 Å². The molecule has 8 heteroatoms. The van der Waals surface area contributed by atoms with Crippen molar-refractivity contribution in [3.63, 3.8) is 0 Å². The molecule has 25 heavy (non-hydrogen) atoms. The van der Waals surface area contributed by atoms with Crippen LogP contribution in [0.25, 0.3) is 0 Å². The van der Waals surface area contributed by atoms with Gasteiger partial charge in [-0.3, -0.25) is 4.72 Å². The van der Waals surface area contributed by atoms with E-state index in [0.717, 1.165) is 13.0 Å². The van der Waals surface area contributed by atoms with Crippen molar-refractivity contribution in [3.8, 4) is 5.75 Å². The third kappa shape index (κ3) is 5.51. The van der Waals surface area contributed by atoms with Gasteiger partial charge in [-0.05, 0) is 42.7 Å². The van der Waals surface area contributed by atoms with E-state index >= 15 is 0 Å². The number of nitrogens with zero attached hydrogens (tertiary/aromatic N) is 1. The van der Waals surface area contributed by atoms with Crippen molar-refractivity contribution >= 4 is 33.1 Å². The zero-order valence-electron chi connectivity index (χ0n) is 14.4. The van der Waals surface area contributed by atoms with E-state index in [1.807, 2.05) is 0 Å². The van der Waals surface area contributed by atoms with Crippen LogP contribution in [-0.4, -0.2) is 27.1 Å². The molecule has 0 aliphatic rings. The van der Waals surface area contributed by atoms with Crippen LogP contribution in [-0.2, 0) is 10.0 Å². The monoisotopic (exact) mass is 383 g/mol. The number of methoxy groups -OCH3 is 1. The molecule has 0 atom stereocenters. The molecule has 0 unspecified atom stereocenters. The number of sulfonamides is 1. The van der Waals surface area contributed by atoms with E-state index in [4.69, 9.17) is 16.3 Å². The summed E-state index contributed by atoms with van der Waals surface area (Å²) in [5.41, 5.74) is 0.376. The molecule has 1 aromatic carbocycles. The van der Waals surface area contributed by atoms with Crippen LogP contribution < -0.4 is 14.8 Å². The Morgan fingerprint density at radius 1 is 1.24 bits per heavy atom. The lowest BCUT2D eigenvalue weighted by atomic mass is 10.1. The van der Waals surface area contributed by atoms with E-state index in [-0.39, 0.29) is 9.92 Å². The van der Waals surface area contributed by atoms with Crippen molar-refractivity contribution in [2.45, 2.75) is 25.2 Å². The Labute approximate surface area is 153 Å². The molecule has 0 amide bonds. The van der Waals surface area contributed by atoms with Crippen molar-refractivity contribution in [3.05, 3.63) is 41.6 Å². The molecule has 0 bridgehead atoms. The van der Waals surface area contributed by atoms with Gasteiger partial charge in [-0.25, -0.2) is 13.4 Å². The van der Waals surface area contributed by atoms with Crippen LogP contribution in [0.5, 0.6) is 5.75 Å². The lowest BCUT2D eigenvalue weighted by Gasteiger charge is -2.11. The first-order chi connectivity index (χ1) is 11.8. The van der Waals surface area contributed by atoms with Crippen LogP contribution in [0, 0.1) is 5.92 Å². The van der Waals surface area contributed by atoms with E-state index < -0.39 is 10.0 Å². The molecule has 0 fully saturated rings. The van der Waals surface area contributed by atoms with Crippen molar-refractivity contribution in [2.24, 2.45) is 5.92 Å². The molecule has 0 aliphatic carbocycles. The van der Waals surface area contributed by atoms with E-state index in [0.29, 0.717) is 23.2 Å². The van der Waals surface area contributed by atoms with E-state index in [1.165, 1.54) is 31.5 Å². The first kappa shape index (κ1) is 19.3. The van der Waals surface area contributed by atoms with E-state index in [9.17, 15) is 8.42 Å². The van der Waals surface area contributed by atoms with Gasteiger partial charge in [0, 0.05) is 6.54 Å². The number of nitrogens with one attached hydrogen (secondary N) is 2. The fourth-order valence-electron chi connectivity index (χ4n) is 2.08. The van der Waals surface area contributed by atoms with Crippen LogP contribution in [0.3, 0.4) is 0 Å². The molecule has 0 saturated carbocycles. The van der Waals surface area contributed by atoms with Crippen LogP contribution in [0.2, 0.25) is 5.02 Å². The largest absolute Gasteiger partial charge is 0.495 e. The molecule has 2 aromatic rings. The predicted octanol–water partition coefficient (Wildman–Crippen LogP) is 4.00. The average molecular weight is 384 g/mol. The molecule has 0 radical (unpaired) electrons. The second-order valence-electron chi connectivity index (χ2n) is 5.94. The van der Waals surface area contributed by atoms with Gasteiger partial charge >= 0.3 is 0 Å². The van der Waals surface area contributed by atoms with Gasteiger partial charge in [0.15, 0.2) is 0 Å². The Balaban J connectivity index is 2.06. The first-order valence-corrected chi connectivity index (χ1v) is 9.74. The van der Waals surface area contributed by atoms with Crippen molar-refractivity contribution in [2.75, 3.05) is 23.7 Å². The average Bonchev–Trinajstić information content (AvgIpc) is 2.56. The molecule has 2 N–H and O–H groups in total. The molecule has 0 aliphatic heterocycles. The van der Waals surface area contributed by atoms with E-state index in [2.05, 4.69) is 28.9 Å². The Bertz CT molecular complexity index is 808. The minimum absolute atomic E-state index is 0.0532. The smallest absolute Gasteiger partial charge is 0.261 e. The van der Waals surface area contributed by atoms with Gasteiger partial charge in [-0.1, -0.05) is 25.4 Å². The number of pyridine rings is 1. The summed E-state index contributed by atoms with van der Waals surface area (Å²) in [6, 6.07) is 7.68. The van der Waals surface area contributed by atoms with E-state index in [1.54, 1.807) is 12.1 Å². The van der Waals surface area contributed by atoms with Crippen LogP contribution in [0.1, 0.15) is 20.3 Å². The molecule has 1 heterocycles. The van der Waals surface area contributed by atoms with Gasteiger partial charge < -0.3 is 10.1 Å². The molecular formula is C17H22ClN3O3S. The summed E-state index contributed by atoms with van der Waals surface area (Å²) in [5.74, 6) is 1.73. The van der Waals surface area contributed by atoms with Crippen LogP contribution in [0.4, 0.5) is 11.5 Å². The zero-order valence-corrected chi connectivity index (χ0v) is 16.0. The second kappa shape index (κ2) is 8.40. The highest BCUT2D eigenvalue weighted by molar-refractivity contribution is 7.92. The quantitative estimate of drug-likeness (QED) is 0.720. The minimum Gasteiger partial charge on any atom is -0.495 e. The molecule has 1 aromatic heterocycles. The summed E-state index contributed by atoms with van der Waals surface area (Å²) >= 11 is 5.99. The fourth-order valence-corrected chi connectivity index (χ4v) is 3.47. The van der Waals surface area contributed by atoms with Crippen molar-refractivity contribution in [1.82, 2.24) is 4.98 Å². The SMILES string of the molecule is COc1ccc(S(=O)(=O)Nc2ccc(NCCC(C)C)nc2)cc1Cl. The summed E-state index contributed by atoms with van der Waals surface area (Å²) < 4.78 is 32.4. The summed E-state index contributed by atoms with van der Waals surface area (Å²) in [4.78, 5) is 4.27. The highest BCUT2D eigenvalue weighted by atomic mass is 35.5. The van der Waals surface area contributed by atoms with Crippen LogP contribution in [0.15, 0.2) is 41.4 Å². The summed E-state index contributed by atoms with van der Waals surface area (Å²) in [7, 11) is -2.28. The number of aromatic nitrogens is 1. The number of benzene rings is 1. The maximum Gasteiger partial charge on any atom is 0.261 e. The molecule has 2 rings (SSSR count). The summed E-state index contributed by atoms with van der Waals surface area (Å²) in [6.45, 7) is 5.12. The number of hydrogen-bond acceptors (Lipinski definition) is 5. The van der Waals surface area contributed by atoms with Crippen LogP contribution >= 0.6 is 11.6 Å². The molecular weight excluding hydrogens is 362 g/mol. The van der Waals surface area contributed by atoms with Gasteiger partial charge in [-0.15, -0.1) is 0 Å². The number of halogens is 1. The topological polar surface area (TPSA) is 80.3 Å². The standard InChI is InChI=1S/C17H22ClN3O3S/c1-12(2)8-9-19-17-7-4-13(11-20-17)21-25(22,23)14-5-6-16(24-3)15(18)10-14/h4-7,10-12,21H,8-9H2,1-3H3,(H,19,20). The maximum atomic E-state index is 12.4. The number of anilines is 2. The number of rotatable bonds is 8. The van der Waals surface area contributed by atoms with Gasteiger partial charge in [0.05, 0.1) is 28.9 Å². The second-order valence-corrected chi connectivity index (χ2v) is 8.03. The van der Waals surface area contributed by atoms with Crippen molar-refractivity contribution in [1.29, 1.82) is 0 Å². The fraction of sp³-hybridized carbons (Fsp3) is 0.353. The zero-order chi connectivity index (χ0) is 18.4. The molecule has 0 spiro atoms. The third-order valence-corrected chi connectivity index (χ3v) is 5.15. The Hall–Kier alpha value is -1.99. The Kier molecular flexibility index (Phi) is 6.50. The third-order valence-electron chi connectivity index (χ3n) is 3.48. The lowest BCUT2D eigenvalue weighted by Crippen LogP contribution is -2.13. The summed E-state index contributed by atoms with van der Waals surface area (Å²) in [6.07, 6.45) is 2.51. The molecule has 6 nitrogen and oxygen atoms in total. The normalized spacial score (nSPS) is 11.4. The highest BCUT2D eigenvalue weighted by Crippen LogP contribution is 2.27. The first-order valence-electron chi connectivity index (χ1n) is 7.88. The van der Waals surface area contributed by atoms with Gasteiger partial charge in [0.25, 0.3) is 10.0 Å². The van der Waals surface area contributed by atoms with Gasteiger partial charge in [-0.2, -0.15) is 0 Å². The Morgan fingerprint density at radius 2 is 2.00 bits per heavy atom. The van der Waals surface area contributed by atoms with Crippen molar-refractivity contribution < 1.29 is 13.2 Å². The highest BCUT2D eigenvalue weighted by Gasteiger charge is 2.16. The molecule has 136 valence electrons.